The summed E-state index contributed by atoms with van der Waals surface area (Å²) < 4.78 is 12.2. The summed E-state index contributed by atoms with van der Waals surface area (Å²) in [7, 11) is 0. The molecule has 9 nitrogen and oxygen atoms in total. The number of ketones is 1. The molecule has 0 bridgehead atoms. The van der Waals surface area contributed by atoms with Gasteiger partial charge in [-0.1, -0.05) is 0 Å². The Hall–Kier alpha value is -1.23. The molecule has 218 valence electrons. The minimum Gasteiger partial charge on any atom is -0.379 e. The zero-order chi connectivity index (χ0) is 27.1. The second-order valence-corrected chi connectivity index (χ2v) is 13.3. The first kappa shape index (κ1) is 27.9. The standard InChI is InChI=1S/C29H46ClN5O4/c1-19(2)33-7-9-34(10-8-33)21-16-22-27-26(17-21)39-25-4-3-20(30)15-24(25)35(27)18-23(28(22)36)29(37)31-5-6-32-11-13-38-14-12-32/h18-22,24-27H,3-17H2,1-2H3,(H,31,37). The summed E-state index contributed by atoms with van der Waals surface area (Å²) in [6, 6.07) is 0.988. The first-order chi connectivity index (χ1) is 18.9. The number of ether oxygens (including phenoxy) is 2. The summed E-state index contributed by atoms with van der Waals surface area (Å²) in [6.07, 6.45) is 6.47. The number of rotatable bonds is 6. The molecule has 1 N–H and O–H groups in total. The summed E-state index contributed by atoms with van der Waals surface area (Å²) in [5, 5.41) is 3.17. The maximum absolute atomic E-state index is 14.0. The summed E-state index contributed by atoms with van der Waals surface area (Å²) in [5.41, 5.74) is 0.319. The van der Waals surface area contributed by atoms with E-state index in [4.69, 9.17) is 21.1 Å². The molecule has 6 rings (SSSR count). The molecule has 2 saturated carbocycles. The van der Waals surface area contributed by atoms with E-state index < -0.39 is 0 Å². The van der Waals surface area contributed by atoms with Gasteiger partial charge in [-0.25, -0.2) is 0 Å². The zero-order valence-electron chi connectivity index (χ0n) is 23.6. The monoisotopic (exact) mass is 563 g/mol. The second-order valence-electron chi connectivity index (χ2n) is 12.6. The van der Waals surface area contributed by atoms with Crippen LogP contribution in [0.4, 0.5) is 0 Å². The van der Waals surface area contributed by atoms with Gasteiger partial charge in [0.15, 0.2) is 5.78 Å². The number of Topliss-reactive ketones (excluding diaryl/α,β-unsaturated/α-hetero) is 1. The maximum Gasteiger partial charge on any atom is 0.256 e. The number of carbonyl (C=O) groups excluding carboxylic acids is 2. The molecule has 0 aromatic heterocycles. The third-order valence-electron chi connectivity index (χ3n) is 10.1. The van der Waals surface area contributed by atoms with Gasteiger partial charge in [-0.3, -0.25) is 24.3 Å². The van der Waals surface area contributed by atoms with E-state index in [9.17, 15) is 9.59 Å². The molecule has 2 aliphatic carbocycles. The van der Waals surface area contributed by atoms with Crippen molar-refractivity contribution in [2.24, 2.45) is 5.92 Å². The van der Waals surface area contributed by atoms with Gasteiger partial charge in [0.2, 0.25) is 0 Å². The minimum atomic E-state index is -0.239. The van der Waals surface area contributed by atoms with Gasteiger partial charge in [-0.05, 0) is 46.0 Å². The molecule has 0 radical (unpaired) electrons. The van der Waals surface area contributed by atoms with Crippen molar-refractivity contribution in [2.45, 2.75) is 87.7 Å². The number of piperazine rings is 1. The lowest BCUT2D eigenvalue weighted by molar-refractivity contribution is -0.189. The molecule has 4 heterocycles. The van der Waals surface area contributed by atoms with Crippen molar-refractivity contribution < 1.29 is 19.1 Å². The number of hydrogen-bond donors (Lipinski definition) is 1. The van der Waals surface area contributed by atoms with Crippen molar-refractivity contribution >= 4 is 23.3 Å². The van der Waals surface area contributed by atoms with Crippen LogP contribution in [0.3, 0.4) is 0 Å². The summed E-state index contributed by atoms with van der Waals surface area (Å²) in [5.74, 6) is -0.466. The largest absolute Gasteiger partial charge is 0.379 e. The number of carbonyl (C=O) groups is 2. The van der Waals surface area contributed by atoms with Gasteiger partial charge >= 0.3 is 0 Å². The van der Waals surface area contributed by atoms with Gasteiger partial charge in [-0.15, -0.1) is 11.6 Å². The van der Waals surface area contributed by atoms with Crippen LogP contribution in [0.5, 0.6) is 0 Å². The van der Waals surface area contributed by atoms with Crippen LogP contribution in [0, 0.1) is 5.92 Å². The predicted molar refractivity (Wildman–Crippen MR) is 150 cm³/mol. The lowest BCUT2D eigenvalue weighted by Crippen LogP contribution is -2.69. The fourth-order valence-electron chi connectivity index (χ4n) is 7.91. The smallest absolute Gasteiger partial charge is 0.256 e. The first-order valence-corrected chi connectivity index (χ1v) is 15.7. The number of hydrogen-bond acceptors (Lipinski definition) is 8. The van der Waals surface area contributed by atoms with Crippen molar-refractivity contribution in [3.8, 4) is 0 Å². The molecule has 0 aromatic carbocycles. The molecule has 1 amide bonds. The molecule has 0 aromatic rings. The Balaban J connectivity index is 1.20. The lowest BCUT2D eigenvalue weighted by Gasteiger charge is -2.59. The molecule has 4 aliphatic heterocycles. The Morgan fingerprint density at radius 1 is 1.05 bits per heavy atom. The van der Waals surface area contributed by atoms with E-state index in [-0.39, 0.29) is 47.3 Å². The molecule has 6 aliphatic rings. The van der Waals surface area contributed by atoms with E-state index >= 15 is 0 Å². The number of nitrogens with zero attached hydrogens (tertiary/aromatic N) is 4. The SMILES string of the molecule is CC(C)N1CCN(C2CC3OC4CCC(Cl)CC4N4C=C(C(=O)NCCN5CCOCC5)C(=O)C(C2)C34)CC1. The maximum atomic E-state index is 14.0. The molecule has 10 heteroatoms. The number of alkyl halides is 1. The molecule has 7 atom stereocenters. The Bertz CT molecular complexity index is 935. The number of halogens is 1. The van der Waals surface area contributed by atoms with Crippen LogP contribution < -0.4 is 5.32 Å². The molecule has 39 heavy (non-hydrogen) atoms. The van der Waals surface area contributed by atoms with Crippen molar-refractivity contribution in [1.29, 1.82) is 0 Å². The fourth-order valence-corrected chi connectivity index (χ4v) is 8.22. The predicted octanol–water partition coefficient (Wildman–Crippen LogP) is 1.30. The van der Waals surface area contributed by atoms with Gasteiger partial charge in [0, 0.05) is 81.9 Å². The van der Waals surface area contributed by atoms with Crippen LogP contribution in [0.2, 0.25) is 0 Å². The number of morpholine rings is 2. The summed E-state index contributed by atoms with van der Waals surface area (Å²) in [6.45, 7) is 13.2. The molecule has 5 fully saturated rings. The summed E-state index contributed by atoms with van der Waals surface area (Å²) >= 11 is 6.64. The molecule has 7 unspecified atom stereocenters. The van der Waals surface area contributed by atoms with E-state index in [1.807, 2.05) is 6.20 Å². The third kappa shape index (κ3) is 5.77. The number of amides is 1. The van der Waals surface area contributed by atoms with Crippen LogP contribution in [-0.4, -0.2) is 139 Å². The average Bonchev–Trinajstić information content (AvgIpc) is 2.95. The van der Waals surface area contributed by atoms with Gasteiger partial charge < -0.3 is 19.7 Å². The van der Waals surface area contributed by atoms with E-state index in [0.29, 0.717) is 24.2 Å². The van der Waals surface area contributed by atoms with E-state index in [1.54, 1.807) is 0 Å². The van der Waals surface area contributed by atoms with E-state index in [0.717, 1.165) is 91.1 Å². The molecular weight excluding hydrogens is 518 g/mol. The average molecular weight is 564 g/mol. The van der Waals surface area contributed by atoms with Crippen LogP contribution >= 0.6 is 11.6 Å². The topological polar surface area (TPSA) is 77.6 Å². The van der Waals surface area contributed by atoms with Crippen LogP contribution in [-0.2, 0) is 19.1 Å². The second kappa shape index (κ2) is 11.9. The van der Waals surface area contributed by atoms with Crippen LogP contribution in [0.1, 0.15) is 46.0 Å². The zero-order valence-corrected chi connectivity index (χ0v) is 24.4. The highest BCUT2D eigenvalue weighted by Gasteiger charge is 2.56. The van der Waals surface area contributed by atoms with E-state index in [2.05, 4.69) is 38.8 Å². The van der Waals surface area contributed by atoms with Crippen molar-refractivity contribution in [3.05, 3.63) is 11.8 Å². The van der Waals surface area contributed by atoms with Crippen molar-refractivity contribution in [3.63, 3.8) is 0 Å². The van der Waals surface area contributed by atoms with Gasteiger partial charge in [0.1, 0.15) is 0 Å². The Labute approximate surface area is 238 Å². The highest BCUT2D eigenvalue weighted by Crippen LogP contribution is 2.46. The molecular formula is C29H46ClN5O4. The van der Waals surface area contributed by atoms with Crippen molar-refractivity contribution in [2.75, 3.05) is 65.6 Å². The van der Waals surface area contributed by atoms with Gasteiger partial charge in [-0.2, -0.15) is 0 Å². The van der Waals surface area contributed by atoms with Crippen LogP contribution in [0.25, 0.3) is 0 Å². The quantitative estimate of drug-likeness (QED) is 0.383. The third-order valence-corrected chi connectivity index (χ3v) is 10.5. The highest BCUT2D eigenvalue weighted by molar-refractivity contribution is 6.21. The minimum absolute atomic E-state index is 0.00109. The van der Waals surface area contributed by atoms with Crippen molar-refractivity contribution in [1.82, 2.24) is 24.9 Å². The Morgan fingerprint density at radius 2 is 1.82 bits per heavy atom. The Kier molecular flexibility index (Phi) is 8.55. The first-order valence-electron chi connectivity index (χ1n) is 15.3. The van der Waals surface area contributed by atoms with Gasteiger partial charge in [0.05, 0.1) is 43.1 Å². The van der Waals surface area contributed by atoms with Crippen LogP contribution in [0.15, 0.2) is 11.8 Å². The lowest BCUT2D eigenvalue weighted by atomic mass is 9.70. The summed E-state index contributed by atoms with van der Waals surface area (Å²) in [4.78, 5) is 37.2. The Morgan fingerprint density at radius 3 is 2.56 bits per heavy atom. The normalized spacial score (nSPS) is 38.3. The fraction of sp³-hybridized carbons (Fsp3) is 0.862. The highest BCUT2D eigenvalue weighted by atomic mass is 35.5. The molecule has 3 saturated heterocycles. The van der Waals surface area contributed by atoms with Gasteiger partial charge in [0.25, 0.3) is 5.91 Å². The number of nitrogens with one attached hydrogen (secondary N) is 1. The number of fused-ring (bicyclic) bond motifs is 2. The van der Waals surface area contributed by atoms with E-state index in [1.165, 1.54) is 0 Å². The molecule has 0 spiro atoms.